The van der Waals surface area contributed by atoms with E-state index in [-0.39, 0.29) is 5.91 Å². The molecule has 5 nitrogen and oxygen atoms in total. The summed E-state index contributed by atoms with van der Waals surface area (Å²) in [6, 6.07) is 5.26. The predicted molar refractivity (Wildman–Crippen MR) is 86.1 cm³/mol. The normalized spacial score (nSPS) is 10.4. The summed E-state index contributed by atoms with van der Waals surface area (Å²) in [6.07, 6.45) is 4.40. The van der Waals surface area contributed by atoms with Crippen LogP contribution >= 0.6 is 11.6 Å². The molecule has 21 heavy (non-hydrogen) atoms. The SMILES string of the molecule is CCCNc1ccc(Cl)cc1C(=O)Nc1cnn(CC)c1. The lowest BCUT2D eigenvalue weighted by molar-refractivity contribution is 0.102. The Labute approximate surface area is 129 Å². The van der Waals surface area contributed by atoms with Gasteiger partial charge in [0.05, 0.1) is 17.4 Å². The molecule has 0 spiro atoms. The first-order valence-corrected chi connectivity index (χ1v) is 7.39. The van der Waals surface area contributed by atoms with Crippen molar-refractivity contribution in [2.75, 3.05) is 17.2 Å². The fraction of sp³-hybridized carbons (Fsp3) is 0.333. The first-order valence-electron chi connectivity index (χ1n) is 7.01. The van der Waals surface area contributed by atoms with Crippen molar-refractivity contribution in [1.29, 1.82) is 0 Å². The Balaban J connectivity index is 2.18. The molecule has 6 heteroatoms. The number of nitrogens with zero attached hydrogens (tertiary/aromatic N) is 2. The fourth-order valence-corrected chi connectivity index (χ4v) is 2.09. The highest BCUT2D eigenvalue weighted by Crippen LogP contribution is 2.22. The second-order valence-corrected chi connectivity index (χ2v) is 5.09. The molecular formula is C15H19ClN4O. The number of anilines is 2. The average molecular weight is 307 g/mol. The summed E-state index contributed by atoms with van der Waals surface area (Å²) in [4.78, 5) is 12.4. The molecule has 1 aromatic carbocycles. The standard InChI is InChI=1S/C15H19ClN4O/c1-3-7-17-14-6-5-11(16)8-13(14)15(21)19-12-9-18-20(4-2)10-12/h5-6,8-10,17H,3-4,7H2,1-2H3,(H,19,21). The van der Waals surface area contributed by atoms with Gasteiger partial charge in [-0.3, -0.25) is 9.48 Å². The van der Waals surface area contributed by atoms with Crippen LogP contribution in [0.3, 0.4) is 0 Å². The van der Waals surface area contributed by atoms with Crippen LogP contribution in [0.5, 0.6) is 0 Å². The van der Waals surface area contributed by atoms with Gasteiger partial charge in [-0.15, -0.1) is 0 Å². The van der Waals surface area contributed by atoms with Crippen molar-refractivity contribution in [1.82, 2.24) is 9.78 Å². The lowest BCUT2D eigenvalue weighted by atomic mass is 10.1. The molecule has 0 radical (unpaired) electrons. The average Bonchev–Trinajstić information content (AvgIpc) is 2.93. The van der Waals surface area contributed by atoms with Crippen molar-refractivity contribution < 1.29 is 4.79 Å². The van der Waals surface area contributed by atoms with Crippen molar-refractivity contribution in [2.24, 2.45) is 0 Å². The number of halogens is 1. The molecule has 0 unspecified atom stereocenters. The monoisotopic (exact) mass is 306 g/mol. The number of rotatable bonds is 6. The Morgan fingerprint density at radius 3 is 2.86 bits per heavy atom. The topological polar surface area (TPSA) is 59.0 Å². The molecule has 0 fully saturated rings. The predicted octanol–water partition coefficient (Wildman–Crippen LogP) is 3.63. The number of carbonyl (C=O) groups is 1. The second kappa shape index (κ2) is 7.13. The maximum absolute atomic E-state index is 12.4. The molecule has 0 saturated carbocycles. The lowest BCUT2D eigenvalue weighted by Crippen LogP contribution is -2.15. The molecule has 0 atom stereocenters. The summed E-state index contributed by atoms with van der Waals surface area (Å²) in [5.74, 6) is -0.202. The van der Waals surface area contributed by atoms with Gasteiger partial charge >= 0.3 is 0 Å². The van der Waals surface area contributed by atoms with Crippen LogP contribution in [0.15, 0.2) is 30.6 Å². The van der Waals surface area contributed by atoms with Gasteiger partial charge in [0, 0.05) is 30.0 Å². The summed E-state index contributed by atoms with van der Waals surface area (Å²) < 4.78 is 1.75. The molecule has 1 aromatic heterocycles. The maximum atomic E-state index is 12.4. The van der Waals surface area contributed by atoms with Crippen LogP contribution < -0.4 is 10.6 Å². The molecule has 1 heterocycles. The van der Waals surface area contributed by atoms with Crippen molar-refractivity contribution in [3.05, 3.63) is 41.2 Å². The van der Waals surface area contributed by atoms with Crippen molar-refractivity contribution in [2.45, 2.75) is 26.8 Å². The van der Waals surface area contributed by atoms with E-state index in [0.29, 0.717) is 16.3 Å². The number of aryl methyl sites for hydroxylation is 1. The third-order valence-corrected chi connectivity index (χ3v) is 3.24. The molecule has 0 aliphatic heterocycles. The number of amides is 1. The van der Waals surface area contributed by atoms with Crippen LogP contribution in [0.1, 0.15) is 30.6 Å². The highest BCUT2D eigenvalue weighted by Gasteiger charge is 2.13. The van der Waals surface area contributed by atoms with Crippen LogP contribution in [0.25, 0.3) is 0 Å². The van der Waals surface area contributed by atoms with Crippen LogP contribution in [-0.4, -0.2) is 22.2 Å². The van der Waals surface area contributed by atoms with Gasteiger partial charge < -0.3 is 10.6 Å². The van der Waals surface area contributed by atoms with Gasteiger partial charge in [-0.1, -0.05) is 18.5 Å². The molecule has 1 amide bonds. The summed E-state index contributed by atoms with van der Waals surface area (Å²) in [5, 5.41) is 10.7. The first kappa shape index (κ1) is 15.4. The van der Waals surface area contributed by atoms with Gasteiger partial charge in [-0.05, 0) is 31.5 Å². The Bertz CT molecular complexity index is 624. The van der Waals surface area contributed by atoms with Crippen molar-refractivity contribution in [3.8, 4) is 0 Å². The highest BCUT2D eigenvalue weighted by atomic mass is 35.5. The van der Waals surface area contributed by atoms with E-state index in [1.54, 1.807) is 29.2 Å². The fourth-order valence-electron chi connectivity index (χ4n) is 1.92. The van der Waals surface area contributed by atoms with Gasteiger partial charge in [-0.25, -0.2) is 0 Å². The van der Waals surface area contributed by atoms with E-state index < -0.39 is 0 Å². The summed E-state index contributed by atoms with van der Waals surface area (Å²) >= 11 is 6.00. The zero-order valence-electron chi connectivity index (χ0n) is 12.2. The molecule has 2 aromatic rings. The van der Waals surface area contributed by atoms with E-state index in [1.165, 1.54) is 0 Å². The van der Waals surface area contributed by atoms with E-state index in [4.69, 9.17) is 11.6 Å². The van der Waals surface area contributed by atoms with E-state index in [0.717, 1.165) is 25.2 Å². The van der Waals surface area contributed by atoms with Gasteiger partial charge in [0.1, 0.15) is 0 Å². The Morgan fingerprint density at radius 2 is 2.19 bits per heavy atom. The van der Waals surface area contributed by atoms with Gasteiger partial charge in [0.15, 0.2) is 0 Å². The zero-order valence-corrected chi connectivity index (χ0v) is 12.9. The Morgan fingerprint density at radius 1 is 1.38 bits per heavy atom. The minimum absolute atomic E-state index is 0.202. The Kier molecular flexibility index (Phi) is 5.22. The smallest absolute Gasteiger partial charge is 0.257 e. The minimum atomic E-state index is -0.202. The third kappa shape index (κ3) is 3.98. The van der Waals surface area contributed by atoms with Crippen LogP contribution in [0, 0.1) is 0 Å². The quantitative estimate of drug-likeness (QED) is 0.856. The first-order chi connectivity index (χ1) is 10.1. The van der Waals surface area contributed by atoms with Crippen LogP contribution in [-0.2, 0) is 6.54 Å². The van der Waals surface area contributed by atoms with Crippen LogP contribution in [0.4, 0.5) is 11.4 Å². The summed E-state index contributed by atoms with van der Waals surface area (Å²) in [5.41, 5.74) is 1.98. The maximum Gasteiger partial charge on any atom is 0.257 e. The molecule has 0 aliphatic carbocycles. The van der Waals surface area contributed by atoms with Gasteiger partial charge in [0.25, 0.3) is 5.91 Å². The largest absolute Gasteiger partial charge is 0.384 e. The number of carbonyl (C=O) groups excluding carboxylic acids is 1. The zero-order chi connectivity index (χ0) is 15.2. The van der Waals surface area contributed by atoms with Crippen LogP contribution in [0.2, 0.25) is 5.02 Å². The van der Waals surface area contributed by atoms with Gasteiger partial charge in [0.2, 0.25) is 0 Å². The molecule has 112 valence electrons. The number of hydrogen-bond acceptors (Lipinski definition) is 3. The number of hydrogen-bond donors (Lipinski definition) is 2. The lowest BCUT2D eigenvalue weighted by Gasteiger charge is -2.11. The molecule has 0 aliphatic rings. The third-order valence-electron chi connectivity index (χ3n) is 3.01. The van der Waals surface area contributed by atoms with Crippen molar-refractivity contribution >= 4 is 28.9 Å². The van der Waals surface area contributed by atoms with Gasteiger partial charge in [-0.2, -0.15) is 5.10 Å². The number of benzene rings is 1. The highest BCUT2D eigenvalue weighted by molar-refractivity contribution is 6.31. The molecular weight excluding hydrogens is 288 g/mol. The molecule has 0 bridgehead atoms. The number of aromatic nitrogens is 2. The number of nitrogens with one attached hydrogen (secondary N) is 2. The molecule has 0 saturated heterocycles. The molecule has 2 rings (SSSR count). The van der Waals surface area contributed by atoms with E-state index >= 15 is 0 Å². The second-order valence-electron chi connectivity index (χ2n) is 4.66. The van der Waals surface area contributed by atoms with Crippen molar-refractivity contribution in [3.63, 3.8) is 0 Å². The summed E-state index contributed by atoms with van der Waals surface area (Å²) in [7, 11) is 0. The Hall–Kier alpha value is -2.01. The molecule has 2 N–H and O–H groups in total. The minimum Gasteiger partial charge on any atom is -0.384 e. The van der Waals surface area contributed by atoms with E-state index in [9.17, 15) is 4.79 Å². The van der Waals surface area contributed by atoms with E-state index in [2.05, 4.69) is 22.7 Å². The van der Waals surface area contributed by atoms with E-state index in [1.807, 2.05) is 13.0 Å². The summed E-state index contributed by atoms with van der Waals surface area (Å²) in [6.45, 7) is 5.62.